The van der Waals surface area contributed by atoms with Crippen LogP contribution >= 0.6 is 15.9 Å². The van der Waals surface area contributed by atoms with Gasteiger partial charge in [0.15, 0.2) is 0 Å². The molecule has 0 amide bonds. The van der Waals surface area contributed by atoms with Crippen LogP contribution in [0.1, 0.15) is 15.9 Å². The van der Waals surface area contributed by atoms with Gasteiger partial charge in [-0.1, -0.05) is 22.0 Å². The van der Waals surface area contributed by atoms with E-state index in [1.807, 2.05) is 37.1 Å². The molecule has 2 rings (SSSR count). The first-order valence-corrected chi connectivity index (χ1v) is 6.82. The highest BCUT2D eigenvalue weighted by Crippen LogP contribution is 2.33. The Kier molecular flexibility index (Phi) is 3.99. The predicted molar refractivity (Wildman–Crippen MR) is 84.8 cm³/mol. The number of nitrogens with two attached hydrogens (primary N) is 1. The Hall–Kier alpha value is -2.01. The van der Waals surface area contributed by atoms with E-state index in [0.717, 1.165) is 15.7 Å². The van der Waals surface area contributed by atoms with Crippen molar-refractivity contribution in [3.8, 4) is 0 Å². The van der Waals surface area contributed by atoms with Crippen LogP contribution in [0.4, 0.5) is 17.1 Å². The number of anilines is 3. The number of halogens is 1. The van der Waals surface area contributed by atoms with Gasteiger partial charge in [-0.15, -0.1) is 0 Å². The Bertz CT molecular complexity index is 671. The number of aryl methyl sites for hydroxylation is 1. The van der Waals surface area contributed by atoms with Crippen LogP contribution in [-0.4, -0.2) is 18.1 Å². The van der Waals surface area contributed by atoms with Crippen molar-refractivity contribution in [1.82, 2.24) is 0 Å². The first kappa shape index (κ1) is 14.4. The van der Waals surface area contributed by atoms with E-state index in [4.69, 9.17) is 10.8 Å². The minimum atomic E-state index is -0.967. The van der Waals surface area contributed by atoms with E-state index in [2.05, 4.69) is 15.9 Å². The van der Waals surface area contributed by atoms with Crippen LogP contribution in [0.15, 0.2) is 40.9 Å². The number of rotatable bonds is 3. The van der Waals surface area contributed by atoms with E-state index < -0.39 is 5.97 Å². The maximum absolute atomic E-state index is 11.1. The largest absolute Gasteiger partial charge is 0.478 e. The zero-order valence-corrected chi connectivity index (χ0v) is 12.8. The molecule has 0 saturated carbocycles. The van der Waals surface area contributed by atoms with E-state index in [1.54, 1.807) is 12.1 Å². The number of hydrogen-bond donors (Lipinski definition) is 2. The molecular weight excluding hydrogens is 320 g/mol. The minimum Gasteiger partial charge on any atom is -0.478 e. The van der Waals surface area contributed by atoms with Gasteiger partial charge >= 0.3 is 5.97 Å². The standard InChI is InChI=1S/C15H15BrN2O2/c1-9-3-5-11(16)8-13(9)18(2)14-7-10(15(19)20)4-6-12(14)17/h3-8H,17H2,1-2H3,(H,19,20). The number of benzene rings is 2. The Balaban J connectivity index is 2.52. The van der Waals surface area contributed by atoms with Gasteiger partial charge in [0.2, 0.25) is 0 Å². The number of nitrogens with zero attached hydrogens (tertiary/aromatic N) is 1. The molecule has 5 heteroatoms. The van der Waals surface area contributed by atoms with Gasteiger partial charge in [-0.3, -0.25) is 0 Å². The van der Waals surface area contributed by atoms with E-state index in [9.17, 15) is 4.79 Å². The zero-order valence-electron chi connectivity index (χ0n) is 11.2. The molecule has 0 fully saturated rings. The van der Waals surface area contributed by atoms with Gasteiger partial charge in [-0.25, -0.2) is 4.79 Å². The van der Waals surface area contributed by atoms with Gasteiger partial charge in [-0.05, 0) is 42.8 Å². The fourth-order valence-electron chi connectivity index (χ4n) is 2.04. The lowest BCUT2D eigenvalue weighted by molar-refractivity contribution is 0.0697. The lowest BCUT2D eigenvalue weighted by Gasteiger charge is -2.23. The van der Waals surface area contributed by atoms with Gasteiger partial charge in [0, 0.05) is 17.2 Å². The molecule has 0 aromatic heterocycles. The fraction of sp³-hybridized carbons (Fsp3) is 0.133. The molecular formula is C15H15BrN2O2. The van der Waals surface area contributed by atoms with Crippen molar-refractivity contribution in [3.05, 3.63) is 52.0 Å². The first-order valence-electron chi connectivity index (χ1n) is 6.03. The number of aromatic carboxylic acids is 1. The third kappa shape index (κ3) is 2.77. The van der Waals surface area contributed by atoms with Crippen molar-refractivity contribution in [2.24, 2.45) is 0 Å². The molecule has 0 bridgehead atoms. The summed E-state index contributed by atoms with van der Waals surface area (Å²) < 4.78 is 0.956. The molecule has 0 aliphatic rings. The Morgan fingerprint density at radius 3 is 2.55 bits per heavy atom. The maximum Gasteiger partial charge on any atom is 0.335 e. The molecule has 3 N–H and O–H groups in total. The quantitative estimate of drug-likeness (QED) is 0.837. The van der Waals surface area contributed by atoms with E-state index >= 15 is 0 Å². The summed E-state index contributed by atoms with van der Waals surface area (Å²) in [5.74, 6) is -0.967. The lowest BCUT2D eigenvalue weighted by atomic mass is 10.1. The third-order valence-electron chi connectivity index (χ3n) is 3.17. The number of carboxylic acid groups (broad SMARTS) is 1. The average Bonchev–Trinajstić information content (AvgIpc) is 2.41. The van der Waals surface area contributed by atoms with E-state index in [-0.39, 0.29) is 5.56 Å². The molecule has 2 aromatic rings. The molecule has 104 valence electrons. The normalized spacial score (nSPS) is 10.3. The summed E-state index contributed by atoms with van der Waals surface area (Å²) in [6.07, 6.45) is 0. The number of carbonyl (C=O) groups is 1. The highest BCUT2D eigenvalue weighted by atomic mass is 79.9. The topological polar surface area (TPSA) is 66.6 Å². The zero-order chi connectivity index (χ0) is 14.9. The Morgan fingerprint density at radius 1 is 1.20 bits per heavy atom. The van der Waals surface area contributed by atoms with Crippen molar-refractivity contribution >= 4 is 39.0 Å². The summed E-state index contributed by atoms with van der Waals surface area (Å²) in [6.45, 7) is 2.00. The van der Waals surface area contributed by atoms with Crippen LogP contribution in [0.25, 0.3) is 0 Å². The smallest absolute Gasteiger partial charge is 0.335 e. The second-order valence-corrected chi connectivity index (χ2v) is 5.48. The van der Waals surface area contributed by atoms with Crippen LogP contribution in [0.2, 0.25) is 0 Å². The van der Waals surface area contributed by atoms with E-state index in [1.165, 1.54) is 6.07 Å². The second-order valence-electron chi connectivity index (χ2n) is 4.57. The maximum atomic E-state index is 11.1. The van der Waals surface area contributed by atoms with Gasteiger partial charge < -0.3 is 15.7 Å². The summed E-state index contributed by atoms with van der Waals surface area (Å²) in [7, 11) is 1.87. The predicted octanol–water partition coefficient (Wildman–Crippen LogP) is 3.81. The van der Waals surface area contributed by atoms with Crippen LogP contribution in [0.5, 0.6) is 0 Å². The van der Waals surface area contributed by atoms with Crippen LogP contribution in [0, 0.1) is 6.92 Å². The summed E-state index contributed by atoms with van der Waals surface area (Å²) in [6, 6.07) is 10.6. The van der Waals surface area contributed by atoms with Gasteiger partial charge in [0.05, 0.1) is 16.9 Å². The molecule has 0 unspecified atom stereocenters. The second kappa shape index (κ2) is 5.54. The molecule has 0 aliphatic carbocycles. The Morgan fingerprint density at radius 2 is 1.90 bits per heavy atom. The summed E-state index contributed by atoms with van der Waals surface area (Å²) in [5.41, 5.74) is 9.44. The molecule has 0 saturated heterocycles. The van der Waals surface area contributed by atoms with E-state index in [0.29, 0.717) is 11.4 Å². The molecule has 0 aliphatic heterocycles. The lowest BCUT2D eigenvalue weighted by Crippen LogP contribution is -2.14. The Labute approximate surface area is 126 Å². The average molecular weight is 335 g/mol. The molecule has 2 aromatic carbocycles. The SMILES string of the molecule is Cc1ccc(Br)cc1N(C)c1cc(C(=O)O)ccc1N. The number of hydrogen-bond acceptors (Lipinski definition) is 3. The molecule has 0 radical (unpaired) electrons. The minimum absolute atomic E-state index is 0.216. The highest BCUT2D eigenvalue weighted by Gasteiger charge is 2.13. The van der Waals surface area contributed by atoms with Gasteiger partial charge in [-0.2, -0.15) is 0 Å². The number of carboxylic acids is 1. The summed E-state index contributed by atoms with van der Waals surface area (Å²) in [5, 5.41) is 9.08. The molecule has 0 atom stereocenters. The van der Waals surface area contributed by atoms with Crippen molar-refractivity contribution < 1.29 is 9.90 Å². The molecule has 0 heterocycles. The fourth-order valence-corrected chi connectivity index (χ4v) is 2.39. The summed E-state index contributed by atoms with van der Waals surface area (Å²) in [4.78, 5) is 13.0. The molecule has 20 heavy (non-hydrogen) atoms. The third-order valence-corrected chi connectivity index (χ3v) is 3.66. The van der Waals surface area contributed by atoms with Crippen molar-refractivity contribution in [1.29, 1.82) is 0 Å². The number of nitrogen functional groups attached to an aromatic ring is 1. The van der Waals surface area contributed by atoms with Crippen molar-refractivity contribution in [2.75, 3.05) is 17.7 Å². The van der Waals surface area contributed by atoms with Gasteiger partial charge in [0.25, 0.3) is 0 Å². The molecule has 4 nitrogen and oxygen atoms in total. The molecule has 0 spiro atoms. The first-order chi connectivity index (χ1) is 9.40. The van der Waals surface area contributed by atoms with Crippen molar-refractivity contribution in [3.63, 3.8) is 0 Å². The van der Waals surface area contributed by atoms with Crippen molar-refractivity contribution in [2.45, 2.75) is 6.92 Å². The monoisotopic (exact) mass is 334 g/mol. The van der Waals surface area contributed by atoms with Crippen LogP contribution < -0.4 is 10.6 Å². The highest BCUT2D eigenvalue weighted by molar-refractivity contribution is 9.10. The van der Waals surface area contributed by atoms with Crippen LogP contribution in [0.3, 0.4) is 0 Å². The van der Waals surface area contributed by atoms with Crippen LogP contribution in [-0.2, 0) is 0 Å². The van der Waals surface area contributed by atoms with Gasteiger partial charge in [0.1, 0.15) is 0 Å². The summed E-state index contributed by atoms with van der Waals surface area (Å²) >= 11 is 3.44.